The highest BCUT2D eigenvalue weighted by Gasteiger charge is 2.34. The maximum Gasteiger partial charge on any atom is 0.240 e. The molecule has 1 aliphatic rings. The predicted octanol–water partition coefficient (Wildman–Crippen LogP) is 2.90. The van der Waals surface area contributed by atoms with Gasteiger partial charge in [0.1, 0.15) is 6.54 Å². The van der Waals surface area contributed by atoms with Crippen molar-refractivity contribution in [2.75, 3.05) is 19.8 Å². The maximum atomic E-state index is 12.6. The van der Waals surface area contributed by atoms with Gasteiger partial charge in [0.05, 0.1) is 17.4 Å². The predicted molar refractivity (Wildman–Crippen MR) is 101 cm³/mol. The average molecular weight is 349 g/mol. The van der Waals surface area contributed by atoms with E-state index in [1.165, 1.54) is 5.56 Å². The normalized spacial score (nSPS) is 16.5. The van der Waals surface area contributed by atoms with Gasteiger partial charge in [0, 0.05) is 25.2 Å². The molecule has 5 nitrogen and oxygen atoms in total. The second-order valence-corrected chi connectivity index (χ2v) is 6.90. The lowest BCUT2D eigenvalue weighted by Gasteiger charge is -2.38. The number of rotatable bonds is 5. The van der Waals surface area contributed by atoms with E-state index in [4.69, 9.17) is 4.74 Å². The number of carbonyl (C=O) groups excluding carboxylic acids is 1. The van der Waals surface area contributed by atoms with Crippen molar-refractivity contribution in [1.82, 2.24) is 14.9 Å². The van der Waals surface area contributed by atoms with Crippen LogP contribution in [0.3, 0.4) is 0 Å². The van der Waals surface area contributed by atoms with Gasteiger partial charge in [0.2, 0.25) is 5.91 Å². The lowest BCUT2D eigenvalue weighted by atomic mass is 9.74. The van der Waals surface area contributed by atoms with E-state index in [1.807, 2.05) is 34.9 Å². The standard InChI is InChI=1S/C21H23N3O2/c25-20(14-24-16-23-18-8-4-5-9-19(18)24)22-15-21(10-12-26-13-11-21)17-6-2-1-3-7-17/h1-9,16H,10-15H2,(H,22,25). The third-order valence-electron chi connectivity index (χ3n) is 5.30. The fraction of sp³-hybridized carbons (Fsp3) is 0.333. The lowest BCUT2D eigenvalue weighted by Crippen LogP contribution is -2.45. The van der Waals surface area contributed by atoms with Gasteiger partial charge in [-0.25, -0.2) is 4.98 Å². The minimum absolute atomic E-state index is 0.00921. The van der Waals surface area contributed by atoms with Crippen LogP contribution < -0.4 is 5.32 Å². The minimum atomic E-state index is -0.0494. The molecule has 1 N–H and O–H groups in total. The monoisotopic (exact) mass is 349 g/mol. The second-order valence-electron chi connectivity index (χ2n) is 6.90. The third-order valence-corrected chi connectivity index (χ3v) is 5.30. The van der Waals surface area contributed by atoms with Gasteiger partial charge in [-0.05, 0) is 30.5 Å². The summed E-state index contributed by atoms with van der Waals surface area (Å²) >= 11 is 0. The number of amides is 1. The van der Waals surface area contributed by atoms with Crippen molar-refractivity contribution in [3.63, 3.8) is 0 Å². The zero-order valence-electron chi connectivity index (χ0n) is 14.7. The molecular formula is C21H23N3O2. The number of imidazole rings is 1. The Morgan fingerprint density at radius 2 is 1.81 bits per heavy atom. The summed E-state index contributed by atoms with van der Waals surface area (Å²) in [4.78, 5) is 16.9. The van der Waals surface area contributed by atoms with Crippen LogP contribution in [0.15, 0.2) is 60.9 Å². The number of benzene rings is 2. The molecule has 0 bridgehead atoms. The smallest absolute Gasteiger partial charge is 0.240 e. The summed E-state index contributed by atoms with van der Waals surface area (Å²) in [6.07, 6.45) is 3.57. The minimum Gasteiger partial charge on any atom is -0.381 e. The van der Waals surface area contributed by atoms with E-state index >= 15 is 0 Å². The summed E-state index contributed by atoms with van der Waals surface area (Å²) in [6, 6.07) is 18.3. The summed E-state index contributed by atoms with van der Waals surface area (Å²) in [5, 5.41) is 3.15. The molecule has 1 fully saturated rings. The fourth-order valence-electron chi connectivity index (χ4n) is 3.74. The molecule has 2 heterocycles. The summed E-state index contributed by atoms with van der Waals surface area (Å²) in [6.45, 7) is 2.38. The second kappa shape index (κ2) is 7.30. The molecule has 1 aromatic heterocycles. The first-order valence-corrected chi connectivity index (χ1v) is 9.07. The molecule has 0 radical (unpaired) electrons. The number of para-hydroxylation sites is 2. The van der Waals surface area contributed by atoms with Crippen LogP contribution in [-0.2, 0) is 21.5 Å². The van der Waals surface area contributed by atoms with E-state index in [1.54, 1.807) is 6.33 Å². The van der Waals surface area contributed by atoms with E-state index < -0.39 is 0 Å². The molecule has 26 heavy (non-hydrogen) atoms. The highest BCUT2D eigenvalue weighted by Crippen LogP contribution is 2.34. The quantitative estimate of drug-likeness (QED) is 0.771. The van der Waals surface area contributed by atoms with Gasteiger partial charge in [-0.3, -0.25) is 4.79 Å². The van der Waals surface area contributed by atoms with Crippen molar-refractivity contribution < 1.29 is 9.53 Å². The van der Waals surface area contributed by atoms with Crippen molar-refractivity contribution in [2.45, 2.75) is 24.8 Å². The van der Waals surface area contributed by atoms with Gasteiger partial charge in [0.25, 0.3) is 0 Å². The molecule has 1 aliphatic heterocycles. The summed E-state index contributed by atoms with van der Waals surface area (Å²) in [7, 11) is 0. The zero-order chi connectivity index (χ0) is 17.8. The molecule has 0 atom stereocenters. The Bertz CT molecular complexity index is 882. The van der Waals surface area contributed by atoms with Crippen LogP contribution in [0.1, 0.15) is 18.4 Å². The number of fused-ring (bicyclic) bond motifs is 1. The van der Waals surface area contributed by atoms with Crippen LogP contribution in [0.25, 0.3) is 11.0 Å². The molecule has 3 aromatic rings. The van der Waals surface area contributed by atoms with Crippen molar-refractivity contribution in [2.24, 2.45) is 0 Å². The highest BCUT2D eigenvalue weighted by atomic mass is 16.5. The Hall–Kier alpha value is -2.66. The SMILES string of the molecule is O=C(Cn1cnc2ccccc21)NCC1(c2ccccc2)CCOCC1. The number of ether oxygens (including phenoxy) is 1. The molecule has 4 rings (SSSR count). The Labute approximate surface area is 153 Å². The average Bonchev–Trinajstić information content (AvgIpc) is 3.11. The van der Waals surface area contributed by atoms with Crippen LogP contribution in [0.5, 0.6) is 0 Å². The van der Waals surface area contributed by atoms with Crippen molar-refractivity contribution in [3.8, 4) is 0 Å². The number of nitrogens with one attached hydrogen (secondary N) is 1. The fourth-order valence-corrected chi connectivity index (χ4v) is 3.74. The van der Waals surface area contributed by atoms with Gasteiger partial charge in [0.15, 0.2) is 0 Å². The van der Waals surface area contributed by atoms with E-state index in [0.29, 0.717) is 6.54 Å². The van der Waals surface area contributed by atoms with Crippen molar-refractivity contribution >= 4 is 16.9 Å². The molecule has 2 aromatic carbocycles. The van der Waals surface area contributed by atoms with Gasteiger partial charge >= 0.3 is 0 Å². The Morgan fingerprint density at radius 3 is 2.62 bits per heavy atom. The highest BCUT2D eigenvalue weighted by molar-refractivity contribution is 5.80. The first-order valence-electron chi connectivity index (χ1n) is 9.07. The molecule has 0 spiro atoms. The molecule has 5 heteroatoms. The molecule has 1 amide bonds. The Morgan fingerprint density at radius 1 is 1.08 bits per heavy atom. The van der Waals surface area contributed by atoms with Crippen LogP contribution >= 0.6 is 0 Å². The van der Waals surface area contributed by atoms with Crippen LogP contribution in [-0.4, -0.2) is 35.2 Å². The maximum absolute atomic E-state index is 12.6. The Balaban J connectivity index is 1.46. The molecule has 1 saturated heterocycles. The van der Waals surface area contributed by atoms with Crippen LogP contribution in [0, 0.1) is 0 Å². The van der Waals surface area contributed by atoms with E-state index in [-0.39, 0.29) is 17.9 Å². The van der Waals surface area contributed by atoms with Gasteiger partial charge < -0.3 is 14.6 Å². The molecule has 0 saturated carbocycles. The molecular weight excluding hydrogens is 326 g/mol. The van der Waals surface area contributed by atoms with Gasteiger partial charge in [-0.1, -0.05) is 42.5 Å². The first-order chi connectivity index (χ1) is 12.8. The van der Waals surface area contributed by atoms with Crippen molar-refractivity contribution in [3.05, 3.63) is 66.5 Å². The Kier molecular flexibility index (Phi) is 4.71. The van der Waals surface area contributed by atoms with Crippen molar-refractivity contribution in [1.29, 1.82) is 0 Å². The number of hydrogen-bond acceptors (Lipinski definition) is 3. The number of aromatic nitrogens is 2. The summed E-state index contributed by atoms with van der Waals surface area (Å²) < 4.78 is 7.45. The molecule has 0 aliphatic carbocycles. The topological polar surface area (TPSA) is 56.2 Å². The van der Waals surface area contributed by atoms with Crippen LogP contribution in [0.4, 0.5) is 0 Å². The van der Waals surface area contributed by atoms with E-state index in [2.05, 4.69) is 34.6 Å². The van der Waals surface area contributed by atoms with Crippen LogP contribution in [0.2, 0.25) is 0 Å². The summed E-state index contributed by atoms with van der Waals surface area (Å²) in [5.74, 6) is 0.00921. The largest absolute Gasteiger partial charge is 0.381 e. The first kappa shape index (κ1) is 16.8. The number of hydrogen-bond donors (Lipinski definition) is 1. The van der Waals surface area contributed by atoms with E-state index in [0.717, 1.165) is 37.1 Å². The molecule has 0 unspecified atom stereocenters. The van der Waals surface area contributed by atoms with E-state index in [9.17, 15) is 4.79 Å². The lowest BCUT2D eigenvalue weighted by molar-refractivity contribution is -0.122. The summed E-state index contributed by atoms with van der Waals surface area (Å²) in [5.41, 5.74) is 3.11. The number of nitrogens with zero attached hydrogens (tertiary/aromatic N) is 2. The number of carbonyl (C=O) groups is 1. The third kappa shape index (κ3) is 3.35. The van der Waals surface area contributed by atoms with Gasteiger partial charge in [-0.2, -0.15) is 0 Å². The molecule has 134 valence electrons. The van der Waals surface area contributed by atoms with Gasteiger partial charge in [-0.15, -0.1) is 0 Å². The zero-order valence-corrected chi connectivity index (χ0v) is 14.7.